The fourth-order valence-electron chi connectivity index (χ4n) is 3.97. The van der Waals surface area contributed by atoms with Crippen LogP contribution in [-0.2, 0) is 6.54 Å². The first kappa shape index (κ1) is 16.3. The number of fused-ring (bicyclic) bond motifs is 1. The Bertz CT molecular complexity index is 864. The van der Waals surface area contributed by atoms with Crippen molar-refractivity contribution in [1.29, 1.82) is 0 Å². The van der Waals surface area contributed by atoms with Gasteiger partial charge in [0.25, 0.3) is 0 Å². The summed E-state index contributed by atoms with van der Waals surface area (Å²) >= 11 is 0. The summed E-state index contributed by atoms with van der Waals surface area (Å²) in [4.78, 5) is 11.8. The Labute approximate surface area is 148 Å². The number of aromatic nitrogens is 3. The molecule has 0 bridgehead atoms. The highest BCUT2D eigenvalue weighted by Gasteiger charge is 2.27. The van der Waals surface area contributed by atoms with E-state index in [9.17, 15) is 0 Å². The van der Waals surface area contributed by atoms with Crippen LogP contribution in [-0.4, -0.2) is 32.5 Å². The number of piperidine rings is 1. The molecule has 5 nitrogen and oxygen atoms in total. The SMILES string of the molecule is Cc1cnc(CN2CCC[C@@H](c3nc4ccccc4n3C(C)C)C2)o1. The number of benzene rings is 1. The van der Waals surface area contributed by atoms with Crippen LogP contribution in [0, 0.1) is 6.92 Å². The van der Waals surface area contributed by atoms with Crippen LogP contribution in [0.3, 0.4) is 0 Å². The molecule has 3 aromatic rings. The molecular weight excluding hydrogens is 312 g/mol. The lowest BCUT2D eigenvalue weighted by molar-refractivity contribution is 0.178. The van der Waals surface area contributed by atoms with Crippen molar-refractivity contribution >= 4 is 11.0 Å². The van der Waals surface area contributed by atoms with E-state index in [1.807, 2.05) is 6.92 Å². The Balaban J connectivity index is 1.60. The van der Waals surface area contributed by atoms with Crippen molar-refractivity contribution in [2.75, 3.05) is 13.1 Å². The van der Waals surface area contributed by atoms with Crippen LogP contribution >= 0.6 is 0 Å². The average molecular weight is 338 g/mol. The van der Waals surface area contributed by atoms with Crippen LogP contribution in [0.15, 0.2) is 34.9 Å². The van der Waals surface area contributed by atoms with E-state index in [0.717, 1.165) is 36.8 Å². The molecule has 1 atom stereocenters. The fraction of sp³-hybridized carbons (Fsp3) is 0.500. The predicted octanol–water partition coefficient (Wildman–Crippen LogP) is 4.29. The minimum Gasteiger partial charge on any atom is -0.445 e. The summed E-state index contributed by atoms with van der Waals surface area (Å²) in [7, 11) is 0. The molecule has 1 aliphatic heterocycles. The summed E-state index contributed by atoms with van der Waals surface area (Å²) in [6, 6.07) is 8.88. The van der Waals surface area contributed by atoms with Gasteiger partial charge < -0.3 is 8.98 Å². The van der Waals surface area contributed by atoms with Gasteiger partial charge in [-0.1, -0.05) is 12.1 Å². The molecule has 0 unspecified atom stereocenters. The van der Waals surface area contributed by atoms with Crippen molar-refractivity contribution in [3.05, 3.63) is 47.9 Å². The second-order valence-electron chi connectivity index (χ2n) is 7.36. The van der Waals surface area contributed by atoms with Crippen LogP contribution in [0.5, 0.6) is 0 Å². The van der Waals surface area contributed by atoms with Gasteiger partial charge in [-0.25, -0.2) is 9.97 Å². The normalized spacial score (nSPS) is 19.1. The fourth-order valence-corrected chi connectivity index (χ4v) is 3.97. The molecule has 132 valence electrons. The van der Waals surface area contributed by atoms with Gasteiger partial charge >= 0.3 is 0 Å². The minimum atomic E-state index is 0.409. The van der Waals surface area contributed by atoms with E-state index in [-0.39, 0.29) is 0 Å². The molecule has 1 fully saturated rings. The van der Waals surface area contributed by atoms with Gasteiger partial charge in [0.1, 0.15) is 11.6 Å². The molecule has 5 heteroatoms. The second kappa shape index (κ2) is 6.64. The molecule has 0 spiro atoms. The molecule has 1 aromatic carbocycles. The van der Waals surface area contributed by atoms with E-state index in [2.05, 4.69) is 52.6 Å². The summed E-state index contributed by atoms with van der Waals surface area (Å²) in [5.74, 6) is 3.38. The largest absolute Gasteiger partial charge is 0.445 e. The number of likely N-dealkylation sites (tertiary alicyclic amines) is 1. The van der Waals surface area contributed by atoms with Crippen LogP contribution in [0.4, 0.5) is 0 Å². The first-order valence-corrected chi connectivity index (χ1v) is 9.22. The minimum absolute atomic E-state index is 0.409. The van der Waals surface area contributed by atoms with E-state index in [4.69, 9.17) is 9.40 Å². The molecule has 1 aliphatic rings. The van der Waals surface area contributed by atoms with E-state index in [1.54, 1.807) is 6.20 Å². The number of hydrogen-bond donors (Lipinski definition) is 0. The third kappa shape index (κ3) is 3.21. The second-order valence-corrected chi connectivity index (χ2v) is 7.36. The van der Waals surface area contributed by atoms with Crippen molar-refractivity contribution < 1.29 is 4.42 Å². The number of nitrogens with zero attached hydrogens (tertiary/aromatic N) is 4. The smallest absolute Gasteiger partial charge is 0.208 e. The van der Waals surface area contributed by atoms with Gasteiger partial charge in [-0.2, -0.15) is 0 Å². The Morgan fingerprint density at radius 1 is 1.28 bits per heavy atom. The molecule has 0 N–H and O–H groups in total. The first-order valence-electron chi connectivity index (χ1n) is 9.22. The Hall–Kier alpha value is -2.14. The lowest BCUT2D eigenvalue weighted by Gasteiger charge is -2.32. The molecular formula is C20H26N4O. The van der Waals surface area contributed by atoms with E-state index >= 15 is 0 Å². The topological polar surface area (TPSA) is 47.1 Å². The van der Waals surface area contributed by atoms with Gasteiger partial charge in [-0.05, 0) is 52.3 Å². The zero-order chi connectivity index (χ0) is 17.4. The molecule has 25 heavy (non-hydrogen) atoms. The maximum atomic E-state index is 5.66. The third-order valence-corrected chi connectivity index (χ3v) is 5.04. The van der Waals surface area contributed by atoms with Crippen molar-refractivity contribution in [3.63, 3.8) is 0 Å². The zero-order valence-electron chi connectivity index (χ0n) is 15.3. The van der Waals surface area contributed by atoms with Crippen molar-refractivity contribution in [2.45, 2.75) is 52.1 Å². The molecule has 4 rings (SSSR count). The molecule has 2 aromatic heterocycles. The highest BCUT2D eigenvalue weighted by atomic mass is 16.4. The standard InChI is InChI=1S/C20H26N4O/c1-14(2)24-18-9-5-4-8-17(18)22-20(24)16-7-6-10-23(12-16)13-19-21-11-15(3)25-19/h4-5,8-9,11,14,16H,6-7,10,12-13H2,1-3H3/t16-/m1/s1. The maximum absolute atomic E-state index is 5.66. The van der Waals surface area contributed by atoms with Crippen molar-refractivity contribution in [3.8, 4) is 0 Å². The number of rotatable bonds is 4. The van der Waals surface area contributed by atoms with Gasteiger partial charge in [0.15, 0.2) is 0 Å². The number of aryl methyl sites for hydroxylation is 1. The molecule has 1 saturated heterocycles. The van der Waals surface area contributed by atoms with Crippen LogP contribution in [0.1, 0.15) is 56.1 Å². The summed E-state index contributed by atoms with van der Waals surface area (Å²) in [6.07, 6.45) is 4.18. The maximum Gasteiger partial charge on any atom is 0.208 e. The van der Waals surface area contributed by atoms with Crippen LogP contribution in [0.2, 0.25) is 0 Å². The van der Waals surface area contributed by atoms with Crippen LogP contribution < -0.4 is 0 Å². The lowest BCUT2D eigenvalue weighted by Crippen LogP contribution is -2.35. The molecule has 0 aliphatic carbocycles. The van der Waals surface area contributed by atoms with Gasteiger partial charge in [0.2, 0.25) is 5.89 Å². The average Bonchev–Trinajstić information content (AvgIpc) is 3.18. The van der Waals surface area contributed by atoms with Gasteiger partial charge in [0.05, 0.1) is 23.8 Å². The van der Waals surface area contributed by atoms with Gasteiger partial charge in [-0.3, -0.25) is 4.90 Å². The van der Waals surface area contributed by atoms with Gasteiger partial charge in [-0.15, -0.1) is 0 Å². The van der Waals surface area contributed by atoms with E-state index < -0.39 is 0 Å². The predicted molar refractivity (Wildman–Crippen MR) is 98.6 cm³/mol. The Kier molecular flexibility index (Phi) is 4.34. The Morgan fingerprint density at radius 3 is 2.88 bits per heavy atom. The third-order valence-electron chi connectivity index (χ3n) is 5.04. The monoisotopic (exact) mass is 338 g/mol. The number of hydrogen-bond acceptors (Lipinski definition) is 4. The Morgan fingerprint density at radius 2 is 2.12 bits per heavy atom. The summed E-state index contributed by atoms with van der Waals surface area (Å²) < 4.78 is 8.08. The molecule has 0 radical (unpaired) electrons. The molecule has 3 heterocycles. The van der Waals surface area contributed by atoms with Crippen molar-refractivity contribution in [2.24, 2.45) is 0 Å². The summed E-state index contributed by atoms with van der Waals surface area (Å²) in [5.41, 5.74) is 2.35. The van der Waals surface area contributed by atoms with Gasteiger partial charge in [0, 0.05) is 18.5 Å². The highest BCUT2D eigenvalue weighted by Crippen LogP contribution is 2.32. The van der Waals surface area contributed by atoms with Crippen LogP contribution in [0.25, 0.3) is 11.0 Å². The number of para-hydroxylation sites is 2. The lowest BCUT2D eigenvalue weighted by atomic mass is 9.97. The quantitative estimate of drug-likeness (QED) is 0.712. The van der Waals surface area contributed by atoms with E-state index in [1.165, 1.54) is 24.2 Å². The number of oxazole rings is 1. The summed E-state index contributed by atoms with van der Waals surface area (Å²) in [6.45, 7) is 9.32. The molecule has 0 saturated carbocycles. The van der Waals surface area contributed by atoms with Crippen molar-refractivity contribution in [1.82, 2.24) is 19.4 Å². The van der Waals surface area contributed by atoms with E-state index in [0.29, 0.717) is 12.0 Å². The molecule has 0 amide bonds. The summed E-state index contributed by atoms with van der Waals surface area (Å²) in [5, 5.41) is 0. The number of imidazole rings is 1. The highest BCUT2D eigenvalue weighted by molar-refractivity contribution is 5.76. The first-order chi connectivity index (χ1) is 12.1. The zero-order valence-corrected chi connectivity index (χ0v) is 15.3.